The van der Waals surface area contributed by atoms with E-state index < -0.39 is 0 Å². The van der Waals surface area contributed by atoms with Crippen molar-refractivity contribution in [3.05, 3.63) is 48.0 Å². The molecule has 0 aliphatic carbocycles. The van der Waals surface area contributed by atoms with E-state index in [1.807, 2.05) is 11.9 Å². The first-order valence-corrected chi connectivity index (χ1v) is 7.97. The van der Waals surface area contributed by atoms with Crippen molar-refractivity contribution >= 4 is 18.3 Å². The largest absolute Gasteiger partial charge is 0.451 e. The summed E-state index contributed by atoms with van der Waals surface area (Å²) in [6.07, 6.45) is 1.99. The van der Waals surface area contributed by atoms with Gasteiger partial charge >= 0.3 is 0 Å². The van der Waals surface area contributed by atoms with E-state index in [2.05, 4.69) is 5.32 Å². The SMILES string of the molecule is CNCC1CCN(C(=O)c2ccc(-c3ccccc3F)o2)CC1.Cl. The molecule has 130 valence electrons. The number of furan rings is 1. The van der Waals surface area contributed by atoms with E-state index in [0.717, 1.165) is 32.5 Å². The Hall–Kier alpha value is -1.85. The third-order valence-corrected chi connectivity index (χ3v) is 4.35. The normalized spacial score (nSPS) is 15.2. The predicted molar refractivity (Wildman–Crippen MR) is 93.9 cm³/mol. The average Bonchev–Trinajstić information content (AvgIpc) is 3.05. The second-order valence-electron chi connectivity index (χ2n) is 5.94. The van der Waals surface area contributed by atoms with Crippen LogP contribution in [0, 0.1) is 11.7 Å². The first-order chi connectivity index (χ1) is 11.2. The van der Waals surface area contributed by atoms with Gasteiger partial charge in [-0.25, -0.2) is 4.39 Å². The van der Waals surface area contributed by atoms with Gasteiger partial charge in [-0.05, 0) is 56.6 Å². The molecule has 1 aliphatic heterocycles. The topological polar surface area (TPSA) is 45.5 Å². The van der Waals surface area contributed by atoms with Gasteiger partial charge in [0.25, 0.3) is 5.91 Å². The number of carbonyl (C=O) groups is 1. The summed E-state index contributed by atoms with van der Waals surface area (Å²) >= 11 is 0. The minimum Gasteiger partial charge on any atom is -0.451 e. The lowest BCUT2D eigenvalue weighted by molar-refractivity contribution is 0.0659. The lowest BCUT2D eigenvalue weighted by atomic mass is 9.97. The molecule has 24 heavy (non-hydrogen) atoms. The summed E-state index contributed by atoms with van der Waals surface area (Å²) in [6.45, 7) is 2.46. The zero-order valence-electron chi connectivity index (χ0n) is 13.6. The van der Waals surface area contributed by atoms with Gasteiger partial charge in [0, 0.05) is 13.1 Å². The zero-order valence-corrected chi connectivity index (χ0v) is 14.4. The van der Waals surface area contributed by atoms with Crippen LogP contribution in [0.3, 0.4) is 0 Å². The van der Waals surface area contributed by atoms with Crippen LogP contribution in [-0.4, -0.2) is 37.5 Å². The fourth-order valence-corrected chi connectivity index (χ4v) is 3.04. The van der Waals surface area contributed by atoms with Gasteiger partial charge in [0.05, 0.1) is 5.56 Å². The van der Waals surface area contributed by atoms with Crippen molar-refractivity contribution in [2.24, 2.45) is 5.92 Å². The second kappa shape index (κ2) is 8.31. The lowest BCUT2D eigenvalue weighted by Crippen LogP contribution is -2.40. The van der Waals surface area contributed by atoms with Crippen molar-refractivity contribution in [2.45, 2.75) is 12.8 Å². The summed E-state index contributed by atoms with van der Waals surface area (Å²) in [7, 11) is 1.95. The highest BCUT2D eigenvalue weighted by molar-refractivity contribution is 5.92. The highest BCUT2D eigenvalue weighted by Gasteiger charge is 2.25. The number of halogens is 2. The van der Waals surface area contributed by atoms with E-state index in [1.165, 1.54) is 6.07 Å². The fourth-order valence-electron chi connectivity index (χ4n) is 3.04. The van der Waals surface area contributed by atoms with Gasteiger partial charge in [-0.15, -0.1) is 12.4 Å². The Labute approximate surface area is 147 Å². The van der Waals surface area contributed by atoms with Crippen LogP contribution in [0.5, 0.6) is 0 Å². The molecule has 3 rings (SSSR count). The predicted octanol–water partition coefficient (Wildman–Crippen LogP) is 3.58. The van der Waals surface area contributed by atoms with Crippen molar-refractivity contribution in [1.82, 2.24) is 10.2 Å². The lowest BCUT2D eigenvalue weighted by Gasteiger charge is -2.31. The summed E-state index contributed by atoms with van der Waals surface area (Å²) < 4.78 is 19.4. The number of amides is 1. The molecule has 0 spiro atoms. The Morgan fingerprint density at radius 2 is 1.96 bits per heavy atom. The molecule has 4 nitrogen and oxygen atoms in total. The van der Waals surface area contributed by atoms with Crippen LogP contribution in [0.25, 0.3) is 11.3 Å². The maximum Gasteiger partial charge on any atom is 0.289 e. The fraction of sp³-hybridized carbons (Fsp3) is 0.389. The molecule has 0 bridgehead atoms. The monoisotopic (exact) mass is 352 g/mol. The van der Waals surface area contributed by atoms with Gasteiger partial charge in [0.2, 0.25) is 0 Å². The number of nitrogens with one attached hydrogen (secondary N) is 1. The Kier molecular flexibility index (Phi) is 6.40. The molecular formula is C18H22ClFN2O2. The smallest absolute Gasteiger partial charge is 0.289 e. The van der Waals surface area contributed by atoms with Gasteiger partial charge in [-0.1, -0.05) is 12.1 Å². The van der Waals surface area contributed by atoms with Crippen LogP contribution in [0.4, 0.5) is 4.39 Å². The summed E-state index contributed by atoms with van der Waals surface area (Å²) in [5.41, 5.74) is 0.374. The number of nitrogens with zero attached hydrogens (tertiary/aromatic N) is 1. The Morgan fingerprint density at radius 1 is 1.25 bits per heavy atom. The van der Waals surface area contributed by atoms with E-state index in [0.29, 0.717) is 17.2 Å². The van der Waals surface area contributed by atoms with Crippen molar-refractivity contribution in [2.75, 3.05) is 26.7 Å². The molecule has 0 atom stereocenters. The first-order valence-electron chi connectivity index (χ1n) is 7.97. The minimum absolute atomic E-state index is 0. The van der Waals surface area contributed by atoms with Gasteiger partial charge in [-0.3, -0.25) is 4.79 Å². The van der Waals surface area contributed by atoms with Crippen molar-refractivity contribution in [3.63, 3.8) is 0 Å². The highest BCUT2D eigenvalue weighted by Crippen LogP contribution is 2.26. The number of hydrogen-bond acceptors (Lipinski definition) is 3. The average molecular weight is 353 g/mol. The van der Waals surface area contributed by atoms with Crippen molar-refractivity contribution in [1.29, 1.82) is 0 Å². The van der Waals surface area contributed by atoms with E-state index in [4.69, 9.17) is 4.42 Å². The Morgan fingerprint density at radius 3 is 2.62 bits per heavy atom. The molecule has 6 heteroatoms. The van der Waals surface area contributed by atoms with Crippen molar-refractivity contribution < 1.29 is 13.6 Å². The molecule has 2 aromatic rings. The Bertz CT molecular complexity index is 681. The third-order valence-electron chi connectivity index (χ3n) is 4.35. The highest BCUT2D eigenvalue weighted by atomic mass is 35.5. The number of carbonyl (C=O) groups excluding carboxylic acids is 1. The Balaban J connectivity index is 0.00000208. The van der Waals surface area contributed by atoms with E-state index in [-0.39, 0.29) is 29.9 Å². The summed E-state index contributed by atoms with van der Waals surface area (Å²) in [5, 5.41) is 3.18. The molecule has 1 aromatic heterocycles. The molecule has 1 aliphatic rings. The minimum atomic E-state index is -0.353. The number of likely N-dealkylation sites (tertiary alicyclic amines) is 1. The molecule has 1 N–H and O–H groups in total. The molecule has 0 radical (unpaired) electrons. The number of rotatable bonds is 4. The maximum absolute atomic E-state index is 13.8. The molecule has 1 amide bonds. The number of benzene rings is 1. The summed E-state index contributed by atoms with van der Waals surface area (Å²) in [5.74, 6) is 0.811. The maximum atomic E-state index is 13.8. The molecule has 1 saturated heterocycles. The molecule has 1 aromatic carbocycles. The van der Waals surface area contributed by atoms with Gasteiger partial charge in [0.1, 0.15) is 11.6 Å². The molecular weight excluding hydrogens is 331 g/mol. The van der Waals surface area contributed by atoms with Crippen LogP contribution >= 0.6 is 12.4 Å². The van der Waals surface area contributed by atoms with Crippen LogP contribution < -0.4 is 5.32 Å². The van der Waals surface area contributed by atoms with E-state index in [9.17, 15) is 9.18 Å². The summed E-state index contributed by atoms with van der Waals surface area (Å²) in [6, 6.07) is 9.68. The molecule has 2 heterocycles. The van der Waals surface area contributed by atoms with E-state index >= 15 is 0 Å². The second-order valence-corrected chi connectivity index (χ2v) is 5.94. The number of hydrogen-bond donors (Lipinski definition) is 1. The van der Waals surface area contributed by atoms with Crippen LogP contribution in [-0.2, 0) is 0 Å². The molecule has 1 fully saturated rings. The van der Waals surface area contributed by atoms with Crippen LogP contribution in [0.1, 0.15) is 23.4 Å². The quantitative estimate of drug-likeness (QED) is 0.914. The van der Waals surface area contributed by atoms with Crippen LogP contribution in [0.2, 0.25) is 0 Å². The standard InChI is InChI=1S/C18H21FN2O2.ClH/c1-20-12-13-8-10-21(11-9-13)18(22)17-7-6-16(23-17)14-4-2-3-5-15(14)19;/h2-7,13,20H,8-12H2,1H3;1H. The molecule has 0 unspecified atom stereocenters. The summed E-state index contributed by atoms with van der Waals surface area (Å²) in [4.78, 5) is 14.3. The van der Waals surface area contributed by atoms with Gasteiger partial charge in [0.15, 0.2) is 5.76 Å². The number of piperidine rings is 1. The van der Waals surface area contributed by atoms with E-state index in [1.54, 1.807) is 30.3 Å². The van der Waals surface area contributed by atoms with Crippen molar-refractivity contribution in [3.8, 4) is 11.3 Å². The third kappa shape index (κ3) is 3.97. The van der Waals surface area contributed by atoms with Gasteiger partial charge < -0.3 is 14.6 Å². The zero-order chi connectivity index (χ0) is 16.2. The molecule has 0 saturated carbocycles. The first kappa shape index (κ1) is 18.5. The van der Waals surface area contributed by atoms with Crippen LogP contribution in [0.15, 0.2) is 40.8 Å². The van der Waals surface area contributed by atoms with Gasteiger partial charge in [-0.2, -0.15) is 0 Å².